The molecule has 0 bridgehead atoms. The first-order valence-electron chi connectivity index (χ1n) is 6.88. The predicted octanol–water partition coefficient (Wildman–Crippen LogP) is 1.84. The highest BCUT2D eigenvalue weighted by Gasteiger charge is 2.38. The zero-order valence-electron chi connectivity index (χ0n) is 13.2. The molecule has 136 valence electrons. The number of carboxylic acids is 1. The summed E-state index contributed by atoms with van der Waals surface area (Å²) in [6.07, 6.45) is -0.0639. The van der Waals surface area contributed by atoms with Crippen LogP contribution in [0.25, 0.3) is 0 Å². The quantitative estimate of drug-likeness (QED) is 0.850. The number of rotatable bonds is 5. The summed E-state index contributed by atoms with van der Waals surface area (Å²) in [4.78, 5) is 24.4. The van der Waals surface area contributed by atoms with E-state index in [0.717, 1.165) is 11.3 Å². The van der Waals surface area contributed by atoms with Crippen LogP contribution in [-0.2, 0) is 22.7 Å². The Labute approximate surface area is 141 Å². The lowest BCUT2D eigenvalue weighted by Gasteiger charge is -2.07. The first-order valence-corrected chi connectivity index (χ1v) is 6.88. The van der Waals surface area contributed by atoms with Crippen molar-refractivity contribution in [3.05, 3.63) is 48.5 Å². The van der Waals surface area contributed by atoms with Crippen LogP contribution in [0.2, 0.25) is 0 Å². The van der Waals surface area contributed by atoms with Crippen LogP contribution in [0, 0.1) is 0 Å². The first-order chi connectivity index (χ1) is 11.7. The fraction of sp³-hybridized carbons (Fsp3) is 0.267. The molecule has 25 heavy (non-hydrogen) atoms. The van der Waals surface area contributed by atoms with Gasteiger partial charge >= 0.3 is 12.1 Å². The number of benzene rings is 1. The second-order valence-corrected chi connectivity index (χ2v) is 4.67. The van der Waals surface area contributed by atoms with Gasteiger partial charge in [0, 0.05) is 18.9 Å². The smallest absolute Gasteiger partial charge is 0.490 e. The van der Waals surface area contributed by atoms with E-state index in [1.165, 1.54) is 0 Å². The normalized spacial score (nSPS) is 10.4. The van der Waals surface area contributed by atoms with Crippen molar-refractivity contribution in [2.24, 2.45) is 0 Å². The Balaban J connectivity index is 0.000000381. The number of alkyl halides is 3. The van der Waals surface area contributed by atoms with Gasteiger partial charge < -0.3 is 19.7 Å². The number of hydrogen-bond acceptors (Lipinski definition) is 4. The summed E-state index contributed by atoms with van der Waals surface area (Å²) in [5.74, 6) is -2.01. The number of nitrogens with zero attached hydrogens (tertiary/aromatic N) is 2. The molecular weight excluding hydrogens is 343 g/mol. The maximum Gasteiger partial charge on any atom is 0.490 e. The SMILES string of the molecule is COc1cccc(CNC(=O)Cn2ccnc2)c1.O=C(O)C(F)(F)F. The minimum absolute atomic E-state index is 0.0455. The van der Waals surface area contributed by atoms with Gasteiger partial charge in [-0.3, -0.25) is 4.79 Å². The van der Waals surface area contributed by atoms with E-state index in [-0.39, 0.29) is 12.5 Å². The van der Waals surface area contributed by atoms with Gasteiger partial charge in [-0.15, -0.1) is 0 Å². The van der Waals surface area contributed by atoms with Crippen molar-refractivity contribution in [2.45, 2.75) is 19.3 Å². The summed E-state index contributed by atoms with van der Waals surface area (Å²) >= 11 is 0. The molecule has 0 spiro atoms. The Morgan fingerprint density at radius 3 is 2.56 bits per heavy atom. The number of imidazole rings is 1. The van der Waals surface area contributed by atoms with Crippen molar-refractivity contribution in [3.63, 3.8) is 0 Å². The molecule has 0 aliphatic heterocycles. The van der Waals surface area contributed by atoms with Crippen molar-refractivity contribution in [3.8, 4) is 5.75 Å². The van der Waals surface area contributed by atoms with Gasteiger partial charge in [-0.2, -0.15) is 13.2 Å². The number of halogens is 3. The summed E-state index contributed by atoms with van der Waals surface area (Å²) in [6.45, 7) is 0.773. The second kappa shape index (κ2) is 9.30. The van der Waals surface area contributed by atoms with Crippen molar-refractivity contribution < 1.29 is 32.6 Å². The number of ether oxygens (including phenoxy) is 1. The van der Waals surface area contributed by atoms with Gasteiger partial charge in [-0.25, -0.2) is 9.78 Å². The third kappa shape index (κ3) is 7.86. The molecule has 0 unspecified atom stereocenters. The fourth-order valence-corrected chi connectivity index (χ4v) is 1.59. The Hall–Kier alpha value is -3.04. The molecule has 2 rings (SSSR count). The largest absolute Gasteiger partial charge is 0.497 e. The zero-order valence-corrected chi connectivity index (χ0v) is 13.2. The molecule has 2 N–H and O–H groups in total. The van der Waals surface area contributed by atoms with E-state index in [9.17, 15) is 18.0 Å². The number of carbonyl (C=O) groups excluding carboxylic acids is 1. The number of amides is 1. The number of hydrogen-bond donors (Lipinski definition) is 2. The zero-order chi connectivity index (χ0) is 18.9. The monoisotopic (exact) mass is 359 g/mol. The Bertz CT molecular complexity index is 688. The molecule has 0 saturated heterocycles. The minimum Gasteiger partial charge on any atom is -0.497 e. The van der Waals surface area contributed by atoms with E-state index >= 15 is 0 Å². The van der Waals surface area contributed by atoms with Gasteiger partial charge in [-0.05, 0) is 17.7 Å². The fourth-order valence-electron chi connectivity index (χ4n) is 1.59. The van der Waals surface area contributed by atoms with Gasteiger partial charge in [0.25, 0.3) is 0 Å². The third-order valence-electron chi connectivity index (χ3n) is 2.75. The first kappa shape index (κ1) is 20.0. The van der Waals surface area contributed by atoms with Gasteiger partial charge in [-0.1, -0.05) is 12.1 Å². The lowest BCUT2D eigenvalue weighted by Crippen LogP contribution is -2.26. The number of carbonyl (C=O) groups is 2. The van der Waals surface area contributed by atoms with Gasteiger partial charge in [0.1, 0.15) is 12.3 Å². The molecule has 7 nitrogen and oxygen atoms in total. The molecule has 10 heteroatoms. The number of carboxylic acid groups (broad SMARTS) is 1. The lowest BCUT2D eigenvalue weighted by atomic mass is 10.2. The molecule has 0 radical (unpaired) electrons. The second-order valence-electron chi connectivity index (χ2n) is 4.67. The average molecular weight is 359 g/mol. The number of aliphatic carboxylic acids is 1. The maximum absolute atomic E-state index is 11.6. The standard InChI is InChI=1S/C13H15N3O2.C2HF3O2/c1-18-12-4-2-3-11(7-12)8-15-13(17)9-16-6-5-14-10-16;3-2(4,5)1(6)7/h2-7,10H,8-9H2,1H3,(H,15,17);(H,6,7). The van der Waals surface area contributed by atoms with Crippen molar-refractivity contribution in [1.29, 1.82) is 0 Å². The van der Waals surface area contributed by atoms with Crippen LogP contribution < -0.4 is 10.1 Å². The van der Waals surface area contributed by atoms with Crippen molar-refractivity contribution in [2.75, 3.05) is 7.11 Å². The molecule has 1 amide bonds. The van der Waals surface area contributed by atoms with Gasteiger partial charge in [0.2, 0.25) is 5.91 Å². The Morgan fingerprint density at radius 1 is 1.36 bits per heavy atom. The van der Waals surface area contributed by atoms with Crippen LogP contribution >= 0.6 is 0 Å². The molecule has 0 saturated carbocycles. The number of aromatic nitrogens is 2. The van der Waals surface area contributed by atoms with Crippen LogP contribution in [0.4, 0.5) is 13.2 Å². The highest BCUT2D eigenvalue weighted by Crippen LogP contribution is 2.13. The van der Waals surface area contributed by atoms with Crippen molar-refractivity contribution >= 4 is 11.9 Å². The summed E-state index contributed by atoms with van der Waals surface area (Å²) in [6, 6.07) is 7.62. The van der Waals surface area contributed by atoms with Crippen LogP contribution in [0.15, 0.2) is 43.0 Å². The predicted molar refractivity (Wildman–Crippen MR) is 80.8 cm³/mol. The van der Waals surface area contributed by atoms with E-state index in [0.29, 0.717) is 6.54 Å². The van der Waals surface area contributed by atoms with Crippen LogP contribution in [0.3, 0.4) is 0 Å². The molecule has 0 atom stereocenters. The summed E-state index contributed by atoms with van der Waals surface area (Å²) in [7, 11) is 1.62. The molecule has 1 aromatic carbocycles. The minimum atomic E-state index is -5.08. The average Bonchev–Trinajstić information content (AvgIpc) is 3.06. The highest BCUT2D eigenvalue weighted by atomic mass is 19.4. The van der Waals surface area contributed by atoms with E-state index in [1.807, 2.05) is 24.3 Å². The number of methoxy groups -OCH3 is 1. The third-order valence-corrected chi connectivity index (χ3v) is 2.75. The van der Waals surface area contributed by atoms with Gasteiger partial charge in [0.15, 0.2) is 0 Å². The van der Waals surface area contributed by atoms with Crippen LogP contribution in [0.1, 0.15) is 5.56 Å². The summed E-state index contributed by atoms with van der Waals surface area (Å²) in [5, 5.41) is 9.97. The molecule has 2 aromatic rings. The molecule has 1 heterocycles. The molecule has 1 aromatic heterocycles. The van der Waals surface area contributed by atoms with E-state index < -0.39 is 12.1 Å². The van der Waals surface area contributed by atoms with Crippen LogP contribution in [-0.4, -0.2) is 39.8 Å². The summed E-state index contributed by atoms with van der Waals surface area (Å²) in [5.41, 5.74) is 1.01. The van der Waals surface area contributed by atoms with E-state index in [4.69, 9.17) is 14.6 Å². The summed E-state index contributed by atoms with van der Waals surface area (Å²) < 4.78 is 38.6. The number of nitrogens with one attached hydrogen (secondary N) is 1. The topological polar surface area (TPSA) is 93.5 Å². The van der Waals surface area contributed by atoms with E-state index in [1.54, 1.807) is 30.4 Å². The van der Waals surface area contributed by atoms with Crippen molar-refractivity contribution in [1.82, 2.24) is 14.9 Å². The molecule has 0 aliphatic rings. The lowest BCUT2D eigenvalue weighted by molar-refractivity contribution is -0.192. The molecular formula is C15H16F3N3O4. The van der Waals surface area contributed by atoms with Crippen LogP contribution in [0.5, 0.6) is 5.75 Å². The Kier molecular flexibility index (Phi) is 7.44. The van der Waals surface area contributed by atoms with Gasteiger partial charge in [0.05, 0.1) is 13.4 Å². The molecule has 0 fully saturated rings. The maximum atomic E-state index is 11.6. The molecule has 0 aliphatic carbocycles. The highest BCUT2D eigenvalue weighted by molar-refractivity contribution is 5.75. The van der Waals surface area contributed by atoms with E-state index in [2.05, 4.69) is 10.3 Å². The Morgan fingerprint density at radius 2 is 2.04 bits per heavy atom.